The fourth-order valence-electron chi connectivity index (χ4n) is 2.98. The number of likely N-dealkylation sites (N-methyl/N-ethyl adjacent to an activating group) is 1. The summed E-state index contributed by atoms with van der Waals surface area (Å²) in [6.45, 7) is 1.61. The van der Waals surface area contributed by atoms with E-state index in [-0.39, 0.29) is 49.0 Å². The number of aromatic nitrogens is 1. The van der Waals surface area contributed by atoms with E-state index in [1.807, 2.05) is 11.9 Å². The van der Waals surface area contributed by atoms with E-state index in [1.165, 1.54) is 18.4 Å². The Labute approximate surface area is 158 Å². The maximum absolute atomic E-state index is 12.9. The second kappa shape index (κ2) is 9.75. The van der Waals surface area contributed by atoms with Gasteiger partial charge in [-0.1, -0.05) is 0 Å². The average Bonchev–Trinajstić information content (AvgIpc) is 3.18. The average molecular weight is 390 g/mol. The minimum absolute atomic E-state index is 0. The normalized spacial score (nSPS) is 16.2. The summed E-state index contributed by atoms with van der Waals surface area (Å²) in [4.78, 5) is 18.7. The van der Waals surface area contributed by atoms with Crippen molar-refractivity contribution in [1.29, 1.82) is 0 Å². The third-order valence-electron chi connectivity index (χ3n) is 4.11. The smallest absolute Gasteiger partial charge is 0.229 e. The van der Waals surface area contributed by atoms with Gasteiger partial charge < -0.3 is 14.6 Å². The molecule has 2 aromatic rings. The highest BCUT2D eigenvalue weighted by molar-refractivity contribution is 5.85. The lowest BCUT2D eigenvalue weighted by atomic mass is 10.2. The van der Waals surface area contributed by atoms with Gasteiger partial charge in [0.25, 0.3) is 0 Å². The van der Waals surface area contributed by atoms with Gasteiger partial charge in [-0.15, -0.1) is 24.8 Å². The number of nitrogens with one attached hydrogen (secondary N) is 1. The van der Waals surface area contributed by atoms with E-state index in [0.29, 0.717) is 17.1 Å². The monoisotopic (exact) mass is 389 g/mol. The molecule has 1 atom stereocenters. The van der Waals surface area contributed by atoms with Gasteiger partial charge in [-0.25, -0.2) is 9.37 Å². The molecule has 138 valence electrons. The van der Waals surface area contributed by atoms with Gasteiger partial charge in [-0.3, -0.25) is 4.79 Å². The van der Waals surface area contributed by atoms with Gasteiger partial charge in [-0.05, 0) is 44.2 Å². The Morgan fingerprint density at radius 2 is 2.08 bits per heavy atom. The highest BCUT2D eigenvalue weighted by Gasteiger charge is 2.28. The molecule has 3 rings (SSSR count). The number of hydrogen-bond donors (Lipinski definition) is 1. The molecule has 2 heterocycles. The van der Waals surface area contributed by atoms with Crippen LogP contribution in [-0.2, 0) is 11.2 Å². The first-order chi connectivity index (χ1) is 11.2. The quantitative estimate of drug-likeness (QED) is 0.853. The van der Waals surface area contributed by atoms with Crippen molar-refractivity contribution in [3.05, 3.63) is 42.0 Å². The molecule has 0 saturated carbocycles. The zero-order chi connectivity index (χ0) is 16.2. The van der Waals surface area contributed by atoms with Crippen molar-refractivity contribution >= 4 is 30.7 Å². The maximum atomic E-state index is 12.9. The standard InChI is InChI=1S/C17H20FN3O2.2ClH/c1-19-10-15-3-2-8-21(15)16(22)9-14-11-23-17(20-14)12-4-6-13(18)7-5-12;;/h4-7,11,15,19H,2-3,8-10H2,1H3;2*1H. The van der Waals surface area contributed by atoms with Crippen LogP contribution in [0.3, 0.4) is 0 Å². The molecule has 1 fully saturated rings. The number of benzene rings is 1. The Bertz CT molecular complexity index is 679. The second-order valence-electron chi connectivity index (χ2n) is 5.77. The molecule has 0 spiro atoms. The summed E-state index contributed by atoms with van der Waals surface area (Å²) in [6, 6.07) is 6.19. The number of nitrogens with zero attached hydrogens (tertiary/aromatic N) is 2. The van der Waals surface area contributed by atoms with Crippen molar-refractivity contribution < 1.29 is 13.6 Å². The lowest BCUT2D eigenvalue weighted by Crippen LogP contribution is -2.41. The predicted molar refractivity (Wildman–Crippen MR) is 98.8 cm³/mol. The van der Waals surface area contributed by atoms with Crippen molar-refractivity contribution in [3.63, 3.8) is 0 Å². The highest BCUT2D eigenvalue weighted by atomic mass is 35.5. The molecule has 1 aromatic carbocycles. The van der Waals surface area contributed by atoms with Crippen LogP contribution in [0.4, 0.5) is 4.39 Å². The fraction of sp³-hybridized carbons (Fsp3) is 0.412. The molecule has 1 unspecified atom stereocenters. The molecule has 1 amide bonds. The Morgan fingerprint density at radius 3 is 2.76 bits per heavy atom. The summed E-state index contributed by atoms with van der Waals surface area (Å²) in [6.07, 6.45) is 3.80. The number of halogens is 3. The molecule has 0 aliphatic carbocycles. The van der Waals surface area contributed by atoms with Gasteiger partial charge in [0, 0.05) is 24.7 Å². The van der Waals surface area contributed by atoms with Gasteiger partial charge in [0.1, 0.15) is 12.1 Å². The SMILES string of the molecule is CNCC1CCCN1C(=O)Cc1coc(-c2ccc(F)cc2)n1.Cl.Cl. The van der Waals surface area contributed by atoms with Crippen LogP contribution in [0.1, 0.15) is 18.5 Å². The first kappa shape index (κ1) is 21.4. The summed E-state index contributed by atoms with van der Waals surface area (Å²) in [5.41, 5.74) is 1.30. The molecular formula is C17H22Cl2FN3O2. The molecule has 25 heavy (non-hydrogen) atoms. The van der Waals surface area contributed by atoms with E-state index in [2.05, 4.69) is 10.3 Å². The van der Waals surface area contributed by atoms with Crippen LogP contribution in [0.15, 0.2) is 34.9 Å². The zero-order valence-corrected chi connectivity index (χ0v) is 15.5. The van der Waals surface area contributed by atoms with E-state index >= 15 is 0 Å². The maximum Gasteiger partial charge on any atom is 0.229 e. The van der Waals surface area contributed by atoms with E-state index in [9.17, 15) is 9.18 Å². The highest BCUT2D eigenvalue weighted by Crippen LogP contribution is 2.21. The summed E-state index contributed by atoms with van der Waals surface area (Å²) in [5.74, 6) is 0.169. The van der Waals surface area contributed by atoms with E-state index in [0.717, 1.165) is 25.9 Å². The Balaban J connectivity index is 0.00000156. The summed E-state index contributed by atoms with van der Waals surface area (Å²) in [7, 11) is 1.90. The molecule has 1 aliphatic rings. The minimum atomic E-state index is -0.305. The third-order valence-corrected chi connectivity index (χ3v) is 4.11. The molecule has 1 saturated heterocycles. The van der Waals surface area contributed by atoms with Crippen molar-refractivity contribution in [2.75, 3.05) is 20.1 Å². The fourth-order valence-corrected chi connectivity index (χ4v) is 2.98. The second-order valence-corrected chi connectivity index (χ2v) is 5.77. The molecule has 5 nitrogen and oxygen atoms in total. The van der Waals surface area contributed by atoms with Crippen LogP contribution in [-0.4, -0.2) is 42.0 Å². The number of carbonyl (C=O) groups is 1. The van der Waals surface area contributed by atoms with Crippen LogP contribution < -0.4 is 5.32 Å². The molecule has 0 bridgehead atoms. The summed E-state index contributed by atoms with van der Waals surface area (Å²) >= 11 is 0. The zero-order valence-electron chi connectivity index (χ0n) is 13.9. The number of hydrogen-bond acceptors (Lipinski definition) is 4. The third kappa shape index (κ3) is 5.17. The van der Waals surface area contributed by atoms with Crippen LogP contribution in [0, 0.1) is 5.82 Å². The van der Waals surface area contributed by atoms with Crippen molar-refractivity contribution in [2.45, 2.75) is 25.3 Å². The molecule has 8 heteroatoms. The van der Waals surface area contributed by atoms with Gasteiger partial charge in [0.05, 0.1) is 12.1 Å². The molecular weight excluding hydrogens is 368 g/mol. The largest absolute Gasteiger partial charge is 0.444 e. The van der Waals surface area contributed by atoms with Gasteiger partial charge in [0.15, 0.2) is 0 Å². The molecule has 1 aliphatic heterocycles. The number of carbonyl (C=O) groups excluding carboxylic acids is 1. The number of oxazole rings is 1. The first-order valence-corrected chi connectivity index (χ1v) is 7.82. The molecule has 1 aromatic heterocycles. The van der Waals surface area contributed by atoms with E-state index in [4.69, 9.17) is 4.42 Å². The topological polar surface area (TPSA) is 58.4 Å². The number of amides is 1. The lowest BCUT2D eigenvalue weighted by Gasteiger charge is -2.24. The predicted octanol–water partition coefficient (Wildman–Crippen LogP) is 3.08. The van der Waals surface area contributed by atoms with E-state index in [1.54, 1.807) is 12.1 Å². The van der Waals surface area contributed by atoms with Gasteiger partial charge in [-0.2, -0.15) is 0 Å². The van der Waals surface area contributed by atoms with Crippen LogP contribution in [0.25, 0.3) is 11.5 Å². The lowest BCUT2D eigenvalue weighted by molar-refractivity contribution is -0.131. The van der Waals surface area contributed by atoms with Crippen molar-refractivity contribution in [1.82, 2.24) is 15.2 Å². The molecule has 1 N–H and O–H groups in total. The number of likely N-dealkylation sites (tertiary alicyclic amines) is 1. The van der Waals surface area contributed by atoms with E-state index < -0.39 is 0 Å². The van der Waals surface area contributed by atoms with Crippen molar-refractivity contribution in [2.24, 2.45) is 0 Å². The van der Waals surface area contributed by atoms with Gasteiger partial charge in [0.2, 0.25) is 11.8 Å². The van der Waals surface area contributed by atoms with Crippen LogP contribution in [0.2, 0.25) is 0 Å². The Kier molecular flexibility index (Phi) is 8.35. The van der Waals surface area contributed by atoms with Crippen LogP contribution in [0.5, 0.6) is 0 Å². The first-order valence-electron chi connectivity index (χ1n) is 7.82. The number of rotatable bonds is 5. The minimum Gasteiger partial charge on any atom is -0.444 e. The van der Waals surface area contributed by atoms with Crippen molar-refractivity contribution in [3.8, 4) is 11.5 Å². The van der Waals surface area contributed by atoms with Gasteiger partial charge >= 0.3 is 0 Å². The Hall–Kier alpha value is -1.63. The molecule has 0 radical (unpaired) electrons. The summed E-state index contributed by atoms with van der Waals surface area (Å²) < 4.78 is 18.4. The van der Waals surface area contributed by atoms with Crippen LogP contribution >= 0.6 is 24.8 Å². The Morgan fingerprint density at radius 1 is 1.36 bits per heavy atom. The summed E-state index contributed by atoms with van der Waals surface area (Å²) in [5, 5.41) is 3.13.